The Morgan fingerprint density at radius 2 is 2.00 bits per heavy atom. The molecule has 0 spiro atoms. The van der Waals surface area contributed by atoms with E-state index in [0.29, 0.717) is 31.7 Å². The highest BCUT2D eigenvalue weighted by atomic mass is 19.1. The summed E-state index contributed by atoms with van der Waals surface area (Å²) >= 11 is 0. The molecule has 0 aromatic rings. The molecule has 2 heterocycles. The number of nitrogens with zero attached hydrogens (tertiary/aromatic N) is 2. The summed E-state index contributed by atoms with van der Waals surface area (Å²) < 4.78 is 14.3. The lowest BCUT2D eigenvalue weighted by atomic mass is 9.80. The van der Waals surface area contributed by atoms with E-state index in [1.807, 2.05) is 4.90 Å². The van der Waals surface area contributed by atoms with Crippen LogP contribution in [-0.4, -0.2) is 52.5 Å². The highest BCUT2D eigenvalue weighted by Gasteiger charge is 2.54. The lowest BCUT2D eigenvalue weighted by Crippen LogP contribution is -2.52. The van der Waals surface area contributed by atoms with Crippen molar-refractivity contribution in [2.24, 2.45) is 5.92 Å². The zero-order chi connectivity index (χ0) is 13.9. The molecule has 0 aromatic heterocycles. The molecule has 5 heteroatoms. The smallest absolute Gasteiger partial charge is 0.260 e. The minimum absolute atomic E-state index is 0.0676. The number of likely N-dealkylation sites (tertiary alicyclic amines) is 2. The Morgan fingerprint density at radius 1 is 1.25 bits per heavy atom. The van der Waals surface area contributed by atoms with Crippen LogP contribution in [0.15, 0.2) is 0 Å². The number of rotatable bonds is 3. The van der Waals surface area contributed by atoms with E-state index in [-0.39, 0.29) is 23.9 Å². The van der Waals surface area contributed by atoms with Crippen LogP contribution in [0.25, 0.3) is 0 Å². The van der Waals surface area contributed by atoms with Gasteiger partial charge in [-0.3, -0.25) is 9.59 Å². The number of fused-ring (bicyclic) bond motifs is 1. The summed E-state index contributed by atoms with van der Waals surface area (Å²) in [7, 11) is 0. The molecule has 2 aliphatic carbocycles. The standard InChI is InChI=1S/C15H21FN2O2/c16-15(5-1-6-15)14(20)17-7-4-11-12(17)8-13(19)18(11)9-10-2-3-10/h10-12H,1-9H2. The molecule has 4 aliphatic rings. The third-order valence-electron chi connectivity index (χ3n) is 5.56. The normalized spacial score (nSPS) is 35.1. The van der Waals surface area contributed by atoms with Crippen LogP contribution in [0.4, 0.5) is 4.39 Å². The molecule has 4 rings (SSSR count). The van der Waals surface area contributed by atoms with Crippen molar-refractivity contribution in [1.29, 1.82) is 0 Å². The molecule has 0 radical (unpaired) electrons. The highest BCUT2D eigenvalue weighted by molar-refractivity contribution is 5.89. The van der Waals surface area contributed by atoms with E-state index in [1.165, 1.54) is 12.8 Å². The van der Waals surface area contributed by atoms with E-state index in [4.69, 9.17) is 0 Å². The first kappa shape index (κ1) is 12.6. The van der Waals surface area contributed by atoms with E-state index in [0.717, 1.165) is 19.4 Å². The van der Waals surface area contributed by atoms with Gasteiger partial charge in [-0.15, -0.1) is 0 Å². The molecule has 0 N–H and O–H groups in total. The molecular weight excluding hydrogens is 259 g/mol. The summed E-state index contributed by atoms with van der Waals surface area (Å²) in [6.07, 6.45) is 5.19. The number of halogens is 1. The summed E-state index contributed by atoms with van der Waals surface area (Å²) in [6.45, 7) is 1.47. The molecule has 2 amide bonds. The van der Waals surface area contributed by atoms with Crippen LogP contribution in [0, 0.1) is 5.92 Å². The lowest BCUT2D eigenvalue weighted by Gasteiger charge is -2.37. The van der Waals surface area contributed by atoms with Gasteiger partial charge in [0, 0.05) is 19.5 Å². The minimum Gasteiger partial charge on any atom is -0.337 e. The molecule has 4 fully saturated rings. The average molecular weight is 280 g/mol. The van der Waals surface area contributed by atoms with Crippen molar-refractivity contribution in [3.8, 4) is 0 Å². The number of hydrogen-bond donors (Lipinski definition) is 0. The molecule has 2 saturated carbocycles. The number of carbonyl (C=O) groups is 2. The second-order valence-electron chi connectivity index (χ2n) is 6.93. The van der Waals surface area contributed by atoms with Crippen LogP contribution in [0.5, 0.6) is 0 Å². The van der Waals surface area contributed by atoms with Gasteiger partial charge in [-0.1, -0.05) is 0 Å². The zero-order valence-electron chi connectivity index (χ0n) is 11.7. The predicted molar refractivity (Wildman–Crippen MR) is 70.7 cm³/mol. The van der Waals surface area contributed by atoms with Crippen molar-refractivity contribution >= 4 is 11.8 Å². The Labute approximate surface area is 118 Å². The monoisotopic (exact) mass is 280 g/mol. The van der Waals surface area contributed by atoms with E-state index in [1.54, 1.807) is 4.90 Å². The van der Waals surface area contributed by atoms with Crippen molar-refractivity contribution in [1.82, 2.24) is 9.80 Å². The van der Waals surface area contributed by atoms with Crippen molar-refractivity contribution in [2.75, 3.05) is 13.1 Å². The van der Waals surface area contributed by atoms with Crippen molar-refractivity contribution < 1.29 is 14.0 Å². The predicted octanol–water partition coefficient (Wildman–Crippen LogP) is 1.49. The highest BCUT2D eigenvalue weighted by Crippen LogP contribution is 2.42. The first-order valence-electron chi connectivity index (χ1n) is 7.88. The van der Waals surface area contributed by atoms with Gasteiger partial charge >= 0.3 is 0 Å². The Hall–Kier alpha value is -1.13. The minimum atomic E-state index is -1.62. The van der Waals surface area contributed by atoms with Gasteiger partial charge in [0.2, 0.25) is 5.91 Å². The molecule has 2 saturated heterocycles. The molecule has 2 atom stereocenters. The Kier molecular flexibility index (Phi) is 2.63. The van der Waals surface area contributed by atoms with Gasteiger partial charge in [0.05, 0.1) is 12.1 Å². The molecule has 0 aromatic carbocycles. The SMILES string of the molecule is O=C1CC2C(CCN2C(=O)C2(F)CCC2)N1CC1CC1. The largest absolute Gasteiger partial charge is 0.337 e. The quantitative estimate of drug-likeness (QED) is 0.786. The molecule has 0 bridgehead atoms. The molecule has 2 unspecified atom stereocenters. The van der Waals surface area contributed by atoms with Gasteiger partial charge in [0.15, 0.2) is 5.67 Å². The van der Waals surface area contributed by atoms with Crippen LogP contribution >= 0.6 is 0 Å². The van der Waals surface area contributed by atoms with Crippen molar-refractivity contribution in [3.05, 3.63) is 0 Å². The van der Waals surface area contributed by atoms with Gasteiger partial charge in [-0.2, -0.15) is 0 Å². The first-order chi connectivity index (χ1) is 9.58. The van der Waals surface area contributed by atoms with Gasteiger partial charge in [-0.25, -0.2) is 4.39 Å². The van der Waals surface area contributed by atoms with Crippen molar-refractivity contribution in [3.63, 3.8) is 0 Å². The van der Waals surface area contributed by atoms with Gasteiger partial charge in [0.25, 0.3) is 5.91 Å². The second-order valence-corrected chi connectivity index (χ2v) is 6.93. The van der Waals surface area contributed by atoms with Crippen molar-refractivity contribution in [2.45, 2.75) is 62.7 Å². The van der Waals surface area contributed by atoms with E-state index in [2.05, 4.69) is 0 Å². The summed E-state index contributed by atoms with van der Waals surface area (Å²) in [6, 6.07) is 0.0812. The third-order valence-corrected chi connectivity index (χ3v) is 5.56. The van der Waals surface area contributed by atoms with E-state index in [9.17, 15) is 14.0 Å². The summed E-state index contributed by atoms with van der Waals surface area (Å²) in [5.41, 5.74) is -1.62. The average Bonchev–Trinajstić information content (AvgIpc) is 3.04. The fourth-order valence-electron chi connectivity index (χ4n) is 3.95. The van der Waals surface area contributed by atoms with Crippen LogP contribution in [0.2, 0.25) is 0 Å². The molecule has 2 aliphatic heterocycles. The lowest BCUT2D eigenvalue weighted by molar-refractivity contribution is -0.150. The number of carbonyl (C=O) groups excluding carboxylic acids is 2. The van der Waals surface area contributed by atoms with Crippen LogP contribution in [0.3, 0.4) is 0 Å². The number of hydrogen-bond acceptors (Lipinski definition) is 2. The summed E-state index contributed by atoms with van der Waals surface area (Å²) in [4.78, 5) is 28.2. The Balaban J connectivity index is 1.49. The summed E-state index contributed by atoms with van der Waals surface area (Å²) in [5.74, 6) is 0.477. The number of amides is 2. The van der Waals surface area contributed by atoms with Crippen LogP contribution in [0.1, 0.15) is 44.9 Å². The van der Waals surface area contributed by atoms with Crippen LogP contribution < -0.4 is 0 Å². The maximum atomic E-state index is 14.3. The third kappa shape index (κ3) is 1.78. The maximum Gasteiger partial charge on any atom is 0.260 e. The van der Waals surface area contributed by atoms with Gasteiger partial charge in [-0.05, 0) is 44.4 Å². The van der Waals surface area contributed by atoms with Gasteiger partial charge in [0.1, 0.15) is 0 Å². The fourth-order valence-corrected chi connectivity index (χ4v) is 3.95. The zero-order valence-corrected chi connectivity index (χ0v) is 11.7. The molecule has 110 valence electrons. The molecule has 4 nitrogen and oxygen atoms in total. The van der Waals surface area contributed by atoms with Gasteiger partial charge < -0.3 is 9.80 Å². The first-order valence-corrected chi connectivity index (χ1v) is 7.88. The topological polar surface area (TPSA) is 40.6 Å². The number of alkyl halides is 1. The second kappa shape index (κ2) is 4.18. The fraction of sp³-hybridized carbons (Fsp3) is 0.867. The summed E-state index contributed by atoms with van der Waals surface area (Å²) in [5, 5.41) is 0. The van der Waals surface area contributed by atoms with E-state index < -0.39 is 5.67 Å². The van der Waals surface area contributed by atoms with E-state index >= 15 is 0 Å². The maximum absolute atomic E-state index is 14.3. The molecule has 20 heavy (non-hydrogen) atoms. The van der Waals surface area contributed by atoms with Crippen LogP contribution in [-0.2, 0) is 9.59 Å². The Bertz CT molecular complexity index is 459. The Morgan fingerprint density at radius 3 is 2.60 bits per heavy atom. The molecular formula is C15H21FN2O2.